The van der Waals surface area contributed by atoms with E-state index in [4.69, 9.17) is 0 Å². The van der Waals surface area contributed by atoms with Crippen LogP contribution in [-0.2, 0) is 0 Å². The summed E-state index contributed by atoms with van der Waals surface area (Å²) in [6.45, 7) is 2.29. The predicted molar refractivity (Wildman–Crippen MR) is 66.3 cm³/mol. The molecule has 1 aromatic rings. The Balaban J connectivity index is 2.71. The van der Waals surface area contributed by atoms with Crippen molar-refractivity contribution >= 4 is 21.8 Å². The van der Waals surface area contributed by atoms with Crippen molar-refractivity contribution in [3.8, 4) is 0 Å². The molecular weight excluding hydrogens is 311 g/mol. The van der Waals surface area contributed by atoms with Gasteiger partial charge in [-0.3, -0.25) is 4.79 Å². The number of rotatable bonds is 5. The molecule has 0 aliphatic carbocycles. The van der Waals surface area contributed by atoms with Crippen molar-refractivity contribution in [3.05, 3.63) is 35.1 Å². The van der Waals surface area contributed by atoms with E-state index in [1.54, 1.807) is 0 Å². The van der Waals surface area contributed by atoms with Crippen LogP contribution >= 0.6 is 15.9 Å². The highest BCUT2D eigenvalue weighted by Gasteiger charge is 2.18. The molecule has 1 atom stereocenters. The van der Waals surface area contributed by atoms with Gasteiger partial charge in [0.2, 0.25) is 0 Å². The zero-order valence-electron chi connectivity index (χ0n) is 9.77. The zero-order valence-corrected chi connectivity index (χ0v) is 11.4. The van der Waals surface area contributed by atoms with Crippen molar-refractivity contribution in [3.63, 3.8) is 0 Å². The van der Waals surface area contributed by atoms with E-state index in [0.29, 0.717) is 6.54 Å². The lowest BCUT2D eigenvalue weighted by Gasteiger charge is -2.10. The first-order valence-electron chi connectivity index (χ1n) is 5.53. The average Bonchev–Trinajstić information content (AvgIpc) is 2.34. The third-order valence-corrected chi connectivity index (χ3v) is 3.15. The van der Waals surface area contributed by atoms with Crippen LogP contribution in [0.2, 0.25) is 0 Å². The molecule has 100 valence electrons. The molecule has 0 fully saturated rings. The second-order valence-corrected chi connectivity index (χ2v) is 5.11. The molecule has 0 saturated heterocycles. The van der Waals surface area contributed by atoms with Crippen molar-refractivity contribution in [2.45, 2.75) is 24.6 Å². The van der Waals surface area contributed by atoms with E-state index in [0.717, 1.165) is 25.0 Å². The number of alkyl halides is 1. The Kier molecular flexibility index (Phi) is 5.65. The highest BCUT2D eigenvalue weighted by Crippen LogP contribution is 2.15. The average molecular weight is 324 g/mol. The van der Waals surface area contributed by atoms with Gasteiger partial charge in [0.1, 0.15) is 0 Å². The van der Waals surface area contributed by atoms with Crippen LogP contribution < -0.4 is 5.32 Å². The topological polar surface area (TPSA) is 29.1 Å². The van der Waals surface area contributed by atoms with Crippen LogP contribution in [0.4, 0.5) is 13.2 Å². The summed E-state index contributed by atoms with van der Waals surface area (Å²) in [5, 5.41) is 2.46. The fourth-order valence-electron chi connectivity index (χ4n) is 1.42. The molecule has 0 saturated carbocycles. The summed E-state index contributed by atoms with van der Waals surface area (Å²) in [6, 6.07) is 1.65. The summed E-state index contributed by atoms with van der Waals surface area (Å²) in [5.74, 6) is -5.17. The van der Waals surface area contributed by atoms with Gasteiger partial charge in [-0.15, -0.1) is 0 Å². The maximum Gasteiger partial charge on any atom is 0.254 e. The van der Waals surface area contributed by atoms with Crippen LogP contribution in [0.15, 0.2) is 12.1 Å². The summed E-state index contributed by atoms with van der Waals surface area (Å²) in [7, 11) is 0. The number of carbonyl (C=O) groups is 1. The number of hydrogen-bond acceptors (Lipinski definition) is 1. The van der Waals surface area contributed by atoms with Gasteiger partial charge in [-0.2, -0.15) is 0 Å². The molecule has 0 heterocycles. The second kappa shape index (κ2) is 6.78. The number of benzene rings is 1. The van der Waals surface area contributed by atoms with E-state index in [2.05, 4.69) is 21.2 Å². The smallest absolute Gasteiger partial charge is 0.254 e. The molecule has 0 bridgehead atoms. The fraction of sp³-hybridized carbons (Fsp3) is 0.417. The van der Waals surface area contributed by atoms with Crippen LogP contribution in [0.25, 0.3) is 0 Å². The van der Waals surface area contributed by atoms with Crippen LogP contribution in [0.5, 0.6) is 0 Å². The number of carbonyl (C=O) groups excluding carboxylic acids is 1. The lowest BCUT2D eigenvalue weighted by Crippen LogP contribution is -2.30. The number of halogens is 4. The van der Waals surface area contributed by atoms with Gasteiger partial charge >= 0.3 is 0 Å². The Morgan fingerprint density at radius 1 is 1.33 bits per heavy atom. The molecule has 0 aliphatic heterocycles. The molecule has 1 rings (SSSR count). The molecule has 0 aliphatic rings. The van der Waals surface area contributed by atoms with Gasteiger partial charge in [-0.1, -0.05) is 29.3 Å². The van der Waals surface area contributed by atoms with E-state index in [9.17, 15) is 18.0 Å². The van der Waals surface area contributed by atoms with Gasteiger partial charge < -0.3 is 5.32 Å². The Morgan fingerprint density at radius 2 is 2.00 bits per heavy atom. The SMILES string of the molecule is CCCC(Br)CNC(=O)c1ccc(F)c(F)c1F. The van der Waals surface area contributed by atoms with Gasteiger partial charge in [0.15, 0.2) is 17.5 Å². The molecule has 1 aromatic carbocycles. The Hall–Kier alpha value is -1.04. The Labute approximate surface area is 112 Å². The first kappa shape index (κ1) is 15.0. The third kappa shape index (κ3) is 3.73. The summed E-state index contributed by atoms with van der Waals surface area (Å²) in [4.78, 5) is 11.6. The van der Waals surface area contributed by atoms with E-state index >= 15 is 0 Å². The number of hydrogen-bond donors (Lipinski definition) is 1. The minimum atomic E-state index is -1.63. The summed E-state index contributed by atoms with van der Waals surface area (Å²) < 4.78 is 38.9. The first-order chi connectivity index (χ1) is 8.47. The maximum atomic E-state index is 13.3. The maximum absolute atomic E-state index is 13.3. The van der Waals surface area contributed by atoms with Crippen LogP contribution in [0.3, 0.4) is 0 Å². The minimum Gasteiger partial charge on any atom is -0.351 e. The number of amides is 1. The Bertz CT molecular complexity index is 440. The summed E-state index contributed by atoms with van der Waals surface area (Å²) >= 11 is 3.34. The van der Waals surface area contributed by atoms with Crippen molar-refractivity contribution in [2.24, 2.45) is 0 Å². The first-order valence-corrected chi connectivity index (χ1v) is 6.44. The van der Waals surface area contributed by atoms with Gasteiger partial charge in [-0.05, 0) is 18.6 Å². The molecule has 0 aromatic heterocycles. The van der Waals surface area contributed by atoms with Gasteiger partial charge in [-0.25, -0.2) is 13.2 Å². The zero-order chi connectivity index (χ0) is 13.7. The molecule has 2 nitrogen and oxygen atoms in total. The van der Waals surface area contributed by atoms with E-state index in [-0.39, 0.29) is 4.83 Å². The van der Waals surface area contributed by atoms with E-state index in [1.165, 1.54) is 0 Å². The van der Waals surface area contributed by atoms with Gasteiger partial charge in [0, 0.05) is 11.4 Å². The minimum absolute atomic E-state index is 0.0693. The number of nitrogens with one attached hydrogen (secondary N) is 1. The normalized spacial score (nSPS) is 12.3. The third-order valence-electron chi connectivity index (χ3n) is 2.37. The summed E-state index contributed by atoms with van der Waals surface area (Å²) in [6.07, 6.45) is 1.78. The molecule has 0 radical (unpaired) electrons. The molecular formula is C12H13BrF3NO. The summed E-state index contributed by atoms with van der Waals surface area (Å²) in [5.41, 5.74) is -0.495. The van der Waals surface area contributed by atoms with Gasteiger partial charge in [0.25, 0.3) is 5.91 Å². The van der Waals surface area contributed by atoms with Gasteiger partial charge in [0.05, 0.1) is 5.56 Å². The monoisotopic (exact) mass is 323 g/mol. The largest absolute Gasteiger partial charge is 0.351 e. The highest BCUT2D eigenvalue weighted by atomic mass is 79.9. The molecule has 1 amide bonds. The molecule has 1 N–H and O–H groups in total. The lowest BCUT2D eigenvalue weighted by molar-refractivity contribution is 0.0948. The quantitative estimate of drug-likeness (QED) is 0.653. The highest BCUT2D eigenvalue weighted by molar-refractivity contribution is 9.09. The molecule has 1 unspecified atom stereocenters. The van der Waals surface area contributed by atoms with Crippen molar-refractivity contribution in [1.82, 2.24) is 5.32 Å². The van der Waals surface area contributed by atoms with Crippen molar-refractivity contribution in [2.75, 3.05) is 6.54 Å². The fourth-order valence-corrected chi connectivity index (χ4v) is 2.03. The molecule has 18 heavy (non-hydrogen) atoms. The lowest BCUT2D eigenvalue weighted by atomic mass is 10.1. The predicted octanol–water partition coefficient (Wildman–Crippen LogP) is 3.40. The van der Waals surface area contributed by atoms with Crippen LogP contribution in [0.1, 0.15) is 30.1 Å². The second-order valence-electron chi connectivity index (χ2n) is 3.82. The van der Waals surface area contributed by atoms with Crippen molar-refractivity contribution < 1.29 is 18.0 Å². The van der Waals surface area contributed by atoms with Crippen LogP contribution in [0, 0.1) is 17.5 Å². The van der Waals surface area contributed by atoms with E-state index in [1.807, 2.05) is 6.92 Å². The van der Waals surface area contributed by atoms with E-state index < -0.39 is 28.9 Å². The molecule has 0 spiro atoms. The molecule has 6 heteroatoms. The Morgan fingerprint density at radius 3 is 2.61 bits per heavy atom. The van der Waals surface area contributed by atoms with Crippen molar-refractivity contribution in [1.29, 1.82) is 0 Å². The standard InChI is InChI=1S/C12H13BrF3NO/c1-2-3-7(13)6-17-12(18)8-4-5-9(14)11(16)10(8)15/h4-5,7H,2-3,6H2,1H3,(H,17,18). The van der Waals surface area contributed by atoms with Crippen LogP contribution in [-0.4, -0.2) is 17.3 Å².